The quantitative estimate of drug-likeness (QED) is 0.0285. The van der Waals surface area contributed by atoms with Crippen molar-refractivity contribution < 1.29 is 90.7 Å². The Morgan fingerprint density at radius 3 is 2.42 bits per heavy atom. The SMILES string of the molecule is CC(C)(COP(=O)(O)OP(=O)(O)OC[C@H]1O[C@@H](n2cnc3c(N)ncnc32)[C@H](O)[C@@H]1OP(=O)(O)O)C(O)C(=O)NCCC(=O)NCCSC(=O)/C=C/c1ccc(O)c(O)c1. The van der Waals surface area contributed by atoms with Crippen LogP contribution in [0.1, 0.15) is 32.1 Å². The predicted octanol–water partition coefficient (Wildman–Crippen LogP) is -0.211. The maximum atomic E-state index is 12.7. The number of fused-ring (bicyclic) bond motifs is 1. The number of amides is 2. The van der Waals surface area contributed by atoms with Gasteiger partial charge in [0.15, 0.2) is 29.2 Å². The lowest BCUT2D eigenvalue weighted by molar-refractivity contribution is -0.137. The second-order valence-corrected chi connectivity index (χ2v) is 18.7. The second-order valence-electron chi connectivity index (χ2n) is 13.3. The number of phosphoric acid groups is 3. The van der Waals surface area contributed by atoms with Crippen LogP contribution in [0.25, 0.3) is 17.2 Å². The van der Waals surface area contributed by atoms with Gasteiger partial charge >= 0.3 is 23.5 Å². The highest BCUT2D eigenvalue weighted by Crippen LogP contribution is 2.61. The van der Waals surface area contributed by atoms with E-state index < -0.39 is 84.6 Å². The molecule has 7 atom stereocenters. The Bertz CT molecular complexity index is 2210. The maximum absolute atomic E-state index is 12.7. The number of carbonyl (C=O) groups excluding carboxylic acids is 3. The number of rotatable bonds is 21. The lowest BCUT2D eigenvalue weighted by Gasteiger charge is -2.30. The van der Waals surface area contributed by atoms with Gasteiger partial charge < -0.3 is 61.1 Å². The first-order valence-electron chi connectivity index (χ1n) is 17.1. The van der Waals surface area contributed by atoms with Crippen LogP contribution in [0.3, 0.4) is 0 Å². The molecule has 0 spiro atoms. The van der Waals surface area contributed by atoms with Crippen molar-refractivity contribution in [3.8, 4) is 11.5 Å². The summed E-state index contributed by atoms with van der Waals surface area (Å²) in [6.07, 6.45) is -4.40. The molecule has 3 unspecified atom stereocenters. The van der Waals surface area contributed by atoms with Gasteiger partial charge in [-0.2, -0.15) is 4.31 Å². The van der Waals surface area contributed by atoms with E-state index in [1.165, 1.54) is 44.2 Å². The zero-order chi connectivity index (χ0) is 44.6. The van der Waals surface area contributed by atoms with Crippen molar-refractivity contribution in [2.75, 3.05) is 37.8 Å². The Balaban J connectivity index is 1.20. The monoisotopic (exact) mass is 929 g/mol. The van der Waals surface area contributed by atoms with Crippen LogP contribution < -0.4 is 16.4 Å². The van der Waals surface area contributed by atoms with Gasteiger partial charge in [-0.3, -0.25) is 32.5 Å². The number of anilines is 1. The number of phosphoric ester groups is 3. The first-order chi connectivity index (χ1) is 27.9. The van der Waals surface area contributed by atoms with Crippen molar-refractivity contribution in [1.29, 1.82) is 0 Å². The number of phenolic OH excluding ortho intramolecular Hbond substituents is 2. The first-order valence-corrected chi connectivity index (χ1v) is 22.6. The molecule has 1 aromatic carbocycles. The van der Waals surface area contributed by atoms with Gasteiger partial charge in [0.1, 0.15) is 36.3 Å². The summed E-state index contributed by atoms with van der Waals surface area (Å²) in [6.45, 7) is 0.245. The van der Waals surface area contributed by atoms with Gasteiger partial charge in [0.2, 0.25) is 16.9 Å². The van der Waals surface area contributed by atoms with Crippen LogP contribution in [0.2, 0.25) is 0 Å². The van der Waals surface area contributed by atoms with Crippen LogP contribution in [0.5, 0.6) is 11.5 Å². The summed E-state index contributed by atoms with van der Waals surface area (Å²) in [4.78, 5) is 87.7. The molecule has 60 heavy (non-hydrogen) atoms. The van der Waals surface area contributed by atoms with E-state index in [9.17, 15) is 68.1 Å². The third kappa shape index (κ3) is 14.1. The first kappa shape index (κ1) is 48.8. The van der Waals surface area contributed by atoms with E-state index >= 15 is 0 Å². The Morgan fingerprint density at radius 1 is 1.03 bits per heavy atom. The number of hydrogen-bond acceptors (Lipinski definition) is 20. The third-order valence-corrected chi connectivity index (χ3v) is 12.1. The normalized spacial score (nSPS) is 21.1. The smallest absolute Gasteiger partial charge is 0.481 e. The predicted molar refractivity (Wildman–Crippen MR) is 206 cm³/mol. The van der Waals surface area contributed by atoms with Gasteiger partial charge in [0.25, 0.3) is 0 Å². The minimum absolute atomic E-state index is 0.0199. The van der Waals surface area contributed by atoms with E-state index in [1.807, 2.05) is 0 Å². The summed E-state index contributed by atoms with van der Waals surface area (Å²) >= 11 is 0.898. The van der Waals surface area contributed by atoms with E-state index in [-0.39, 0.29) is 58.9 Å². The van der Waals surface area contributed by atoms with Crippen LogP contribution in [0.15, 0.2) is 36.9 Å². The third-order valence-electron chi connectivity index (χ3n) is 8.16. The highest BCUT2D eigenvalue weighted by molar-refractivity contribution is 8.14. The minimum atomic E-state index is -5.59. The lowest BCUT2D eigenvalue weighted by atomic mass is 9.87. The van der Waals surface area contributed by atoms with Crippen molar-refractivity contribution in [2.24, 2.45) is 5.41 Å². The number of aromatic nitrogens is 4. The fourth-order valence-electron chi connectivity index (χ4n) is 5.14. The van der Waals surface area contributed by atoms with Crippen LogP contribution >= 0.6 is 35.2 Å². The number of nitrogens with one attached hydrogen (secondary N) is 2. The average molecular weight is 930 g/mol. The number of aliphatic hydroxyl groups excluding tert-OH is 2. The lowest BCUT2D eigenvalue weighted by Crippen LogP contribution is -2.46. The summed E-state index contributed by atoms with van der Waals surface area (Å²) in [5.41, 5.74) is 4.68. The molecule has 0 aliphatic carbocycles. The fourth-order valence-corrected chi connectivity index (χ4v) is 8.54. The number of aliphatic hydroxyl groups is 2. The van der Waals surface area contributed by atoms with Gasteiger partial charge in [0.05, 0.1) is 19.5 Å². The summed E-state index contributed by atoms with van der Waals surface area (Å²) < 4.78 is 62.1. The van der Waals surface area contributed by atoms with Gasteiger partial charge in [-0.05, 0) is 23.8 Å². The number of aromatic hydroxyl groups is 2. The molecule has 0 bridgehead atoms. The number of nitrogen functional groups attached to an aromatic ring is 1. The average Bonchev–Trinajstić information content (AvgIpc) is 3.71. The van der Waals surface area contributed by atoms with E-state index in [4.69, 9.17) is 19.5 Å². The molecule has 3 heterocycles. The van der Waals surface area contributed by atoms with Gasteiger partial charge in [-0.25, -0.2) is 28.6 Å². The zero-order valence-corrected chi connectivity index (χ0v) is 34.9. The van der Waals surface area contributed by atoms with Crippen LogP contribution in [-0.4, -0.2) is 133 Å². The molecule has 4 rings (SSSR count). The number of phenols is 2. The van der Waals surface area contributed by atoms with Crippen LogP contribution in [0.4, 0.5) is 5.82 Å². The number of ether oxygens (including phenoxy) is 1. The van der Waals surface area contributed by atoms with E-state index in [2.05, 4.69) is 34.4 Å². The van der Waals surface area contributed by atoms with Gasteiger partial charge in [-0.15, -0.1) is 0 Å². The van der Waals surface area contributed by atoms with E-state index in [0.717, 1.165) is 29.0 Å². The summed E-state index contributed by atoms with van der Waals surface area (Å²) in [5.74, 6) is -2.01. The number of benzene rings is 1. The number of nitrogens with zero attached hydrogens (tertiary/aromatic N) is 4. The molecule has 1 saturated heterocycles. The summed E-state index contributed by atoms with van der Waals surface area (Å²) in [6, 6.07) is 4.02. The van der Waals surface area contributed by atoms with Gasteiger partial charge in [-0.1, -0.05) is 37.8 Å². The highest BCUT2D eigenvalue weighted by Gasteiger charge is 2.50. The number of imidazole rings is 1. The molecule has 3 aromatic rings. The summed E-state index contributed by atoms with van der Waals surface area (Å²) in [7, 11) is -16.5. The van der Waals surface area contributed by atoms with E-state index in [0.29, 0.717) is 5.56 Å². The van der Waals surface area contributed by atoms with Crippen molar-refractivity contribution >= 4 is 75.2 Å². The number of carbonyl (C=O) groups is 3. The van der Waals surface area contributed by atoms with Crippen molar-refractivity contribution in [1.82, 2.24) is 30.2 Å². The molecule has 1 fully saturated rings. The fraction of sp³-hybridized carbons (Fsp3) is 0.467. The topological polar surface area (TPSA) is 404 Å². The van der Waals surface area contributed by atoms with Gasteiger partial charge in [0, 0.05) is 30.7 Å². The van der Waals surface area contributed by atoms with Crippen molar-refractivity contribution in [3.05, 3.63) is 42.5 Å². The maximum Gasteiger partial charge on any atom is 0.481 e. The van der Waals surface area contributed by atoms with Crippen LogP contribution in [-0.2, 0) is 50.7 Å². The molecule has 30 heteroatoms. The molecular formula is C30H42N7O19P3S. The minimum Gasteiger partial charge on any atom is -0.504 e. The summed E-state index contributed by atoms with van der Waals surface area (Å²) in [5, 5.41) is 44.8. The number of thioether (sulfide) groups is 1. The molecule has 12 N–H and O–H groups in total. The molecule has 0 saturated carbocycles. The van der Waals surface area contributed by atoms with E-state index in [1.54, 1.807) is 0 Å². The Morgan fingerprint density at radius 2 is 1.73 bits per heavy atom. The Hall–Kier alpha value is -3.88. The van der Waals surface area contributed by atoms with Crippen molar-refractivity contribution in [3.63, 3.8) is 0 Å². The Labute approximate surface area is 343 Å². The highest BCUT2D eigenvalue weighted by atomic mass is 32.2. The largest absolute Gasteiger partial charge is 0.504 e. The zero-order valence-electron chi connectivity index (χ0n) is 31.4. The molecule has 0 radical (unpaired) electrons. The molecule has 1 aliphatic rings. The van der Waals surface area contributed by atoms with Crippen molar-refractivity contribution in [2.45, 2.75) is 50.9 Å². The Kier molecular flexibility index (Phi) is 16.5. The molecule has 1 aliphatic heterocycles. The molecule has 2 aromatic heterocycles. The molecule has 26 nitrogen and oxygen atoms in total. The number of hydrogen-bond donors (Lipinski definition) is 11. The number of nitrogens with two attached hydrogens (primary N) is 1. The second kappa shape index (κ2) is 20.3. The molecule has 332 valence electrons. The molecule has 2 amide bonds. The molecular weight excluding hydrogens is 887 g/mol. The van der Waals surface area contributed by atoms with Crippen LogP contribution in [0, 0.1) is 5.41 Å². The standard InChI is InChI=1S/C30H42N7O19P3S/c1-30(2,25(43)28(44)33-8-7-20(40)32-9-10-60-21(41)6-4-16-3-5-17(38)18(39)11-16)13-53-59(50,51)56-58(48,49)52-12-19-24(55-57(45,46)47)23(42)29(54-19)37-15-36-22-26(31)34-14-35-27(22)37/h3-6,11,14-15,19,23-25,29,38-39,42-43H,7-10,12-13H2,1-2H3,(H,32,40)(H,33,44)(H,48,49)(H,50,51)(H2,31,34,35)(H2,45,46,47)/b6-4+/t19-,23-,24-,25?,29-/m1/s1.